The van der Waals surface area contributed by atoms with Gasteiger partial charge in [0.1, 0.15) is 10.7 Å². The molecule has 15 heavy (non-hydrogen) atoms. The van der Waals surface area contributed by atoms with Crippen LogP contribution < -0.4 is 10.1 Å². The van der Waals surface area contributed by atoms with Gasteiger partial charge in [0.15, 0.2) is 5.75 Å². The number of halogens is 2. The van der Waals surface area contributed by atoms with Crippen LogP contribution >= 0.6 is 27.5 Å². The van der Waals surface area contributed by atoms with Gasteiger partial charge in [0.05, 0.1) is 5.02 Å². The summed E-state index contributed by atoms with van der Waals surface area (Å²) in [5, 5.41) is 3.89. The minimum Gasteiger partial charge on any atom is -0.487 e. The van der Waals surface area contributed by atoms with Crippen molar-refractivity contribution in [2.75, 3.05) is 13.1 Å². The first kappa shape index (κ1) is 11.2. The minimum absolute atomic E-state index is 0.266. The van der Waals surface area contributed by atoms with Gasteiger partial charge < -0.3 is 10.1 Å². The van der Waals surface area contributed by atoms with Gasteiger partial charge in [-0.1, -0.05) is 11.6 Å². The van der Waals surface area contributed by atoms with Crippen LogP contribution in [0.2, 0.25) is 5.02 Å². The summed E-state index contributed by atoms with van der Waals surface area (Å²) in [6.07, 6.45) is 3.92. The largest absolute Gasteiger partial charge is 0.487 e. The van der Waals surface area contributed by atoms with Gasteiger partial charge in [0.2, 0.25) is 0 Å². The highest BCUT2D eigenvalue weighted by atomic mass is 79.9. The first-order valence-electron chi connectivity index (χ1n) is 4.94. The van der Waals surface area contributed by atoms with Crippen LogP contribution in [0, 0.1) is 0 Å². The molecule has 0 atom stereocenters. The molecule has 3 nitrogen and oxygen atoms in total. The smallest absolute Gasteiger partial charge is 0.153 e. The van der Waals surface area contributed by atoms with Crippen molar-refractivity contribution in [2.24, 2.45) is 0 Å². The van der Waals surface area contributed by atoms with Crippen LogP contribution in [0.25, 0.3) is 0 Å². The van der Waals surface area contributed by atoms with Crippen molar-refractivity contribution in [3.63, 3.8) is 0 Å². The highest BCUT2D eigenvalue weighted by molar-refractivity contribution is 9.10. The molecule has 0 amide bonds. The average molecular weight is 292 g/mol. The van der Waals surface area contributed by atoms with E-state index in [2.05, 4.69) is 26.2 Å². The van der Waals surface area contributed by atoms with Crippen molar-refractivity contribution in [1.29, 1.82) is 0 Å². The highest BCUT2D eigenvalue weighted by Crippen LogP contribution is 2.27. The molecule has 1 N–H and O–H groups in total. The van der Waals surface area contributed by atoms with E-state index >= 15 is 0 Å². The van der Waals surface area contributed by atoms with E-state index in [0.29, 0.717) is 9.63 Å². The van der Waals surface area contributed by atoms with Crippen molar-refractivity contribution in [3.05, 3.63) is 21.9 Å². The fourth-order valence-corrected chi connectivity index (χ4v) is 2.04. The number of pyridine rings is 1. The van der Waals surface area contributed by atoms with Gasteiger partial charge in [0, 0.05) is 12.3 Å². The Balaban J connectivity index is 2.05. The predicted octanol–water partition coefficient (Wildman–Crippen LogP) is 2.63. The molecular formula is C10H12BrClN2O. The molecule has 2 heterocycles. The maximum absolute atomic E-state index is 5.86. The van der Waals surface area contributed by atoms with Gasteiger partial charge >= 0.3 is 0 Å². The summed E-state index contributed by atoms with van der Waals surface area (Å²) in [6.45, 7) is 2.02. The molecule has 0 aromatic carbocycles. The summed E-state index contributed by atoms with van der Waals surface area (Å²) in [4.78, 5) is 4.09. The lowest BCUT2D eigenvalue weighted by atomic mass is 10.1. The molecule has 1 fully saturated rings. The van der Waals surface area contributed by atoms with Gasteiger partial charge in [0.25, 0.3) is 0 Å². The molecular weight excluding hydrogens is 279 g/mol. The molecule has 0 aliphatic carbocycles. The van der Waals surface area contributed by atoms with Crippen LogP contribution in [0.4, 0.5) is 0 Å². The van der Waals surface area contributed by atoms with Gasteiger partial charge in [-0.2, -0.15) is 0 Å². The van der Waals surface area contributed by atoms with Gasteiger partial charge in [-0.25, -0.2) is 4.98 Å². The second-order valence-corrected chi connectivity index (χ2v) is 4.70. The van der Waals surface area contributed by atoms with Crippen LogP contribution in [0.1, 0.15) is 12.8 Å². The number of nitrogens with zero attached hydrogens (tertiary/aromatic N) is 1. The van der Waals surface area contributed by atoms with E-state index in [-0.39, 0.29) is 6.10 Å². The van der Waals surface area contributed by atoms with Crippen LogP contribution in [0.5, 0.6) is 5.75 Å². The molecule has 1 aliphatic heterocycles. The summed E-state index contributed by atoms with van der Waals surface area (Å²) >= 11 is 9.21. The number of hydrogen-bond donors (Lipinski definition) is 1. The summed E-state index contributed by atoms with van der Waals surface area (Å²) < 4.78 is 6.55. The molecule has 82 valence electrons. The Bertz CT molecular complexity index is 342. The molecule has 1 aromatic heterocycles. The Labute approximate surface area is 102 Å². The summed E-state index contributed by atoms with van der Waals surface area (Å²) in [5.74, 6) is 0.731. The first-order chi connectivity index (χ1) is 7.25. The summed E-state index contributed by atoms with van der Waals surface area (Å²) in [5.41, 5.74) is 0. The number of aromatic nitrogens is 1. The SMILES string of the molecule is Clc1cnc(Br)c(OC2CCNCC2)c1. The molecule has 0 radical (unpaired) electrons. The first-order valence-corrected chi connectivity index (χ1v) is 6.11. The van der Waals surface area contributed by atoms with Gasteiger partial charge in [-0.15, -0.1) is 0 Å². The summed E-state index contributed by atoms with van der Waals surface area (Å²) in [6, 6.07) is 1.79. The molecule has 1 aromatic rings. The Hall–Kier alpha value is -0.320. The lowest BCUT2D eigenvalue weighted by Crippen LogP contribution is -2.34. The Kier molecular flexibility index (Phi) is 3.83. The monoisotopic (exact) mass is 290 g/mol. The maximum atomic E-state index is 5.86. The van der Waals surface area contributed by atoms with E-state index in [1.54, 1.807) is 12.3 Å². The zero-order valence-corrected chi connectivity index (χ0v) is 10.5. The second-order valence-electron chi connectivity index (χ2n) is 3.51. The fourth-order valence-electron chi connectivity index (χ4n) is 1.58. The van der Waals surface area contributed by atoms with Crippen molar-refractivity contribution >= 4 is 27.5 Å². The van der Waals surface area contributed by atoms with Gasteiger partial charge in [-0.3, -0.25) is 0 Å². The standard InChI is InChI=1S/C10H12BrClN2O/c11-10-9(5-7(12)6-14-10)15-8-1-3-13-4-2-8/h5-6,8,13H,1-4H2. The van der Waals surface area contributed by atoms with Gasteiger partial charge in [-0.05, 0) is 41.9 Å². The third-order valence-corrected chi connectivity index (χ3v) is 3.16. The van der Waals surface area contributed by atoms with Crippen molar-refractivity contribution in [3.8, 4) is 5.75 Å². The van der Waals surface area contributed by atoms with Crippen LogP contribution in [-0.4, -0.2) is 24.2 Å². The molecule has 1 saturated heterocycles. The Morgan fingerprint density at radius 2 is 2.20 bits per heavy atom. The molecule has 0 unspecified atom stereocenters. The lowest BCUT2D eigenvalue weighted by molar-refractivity contribution is 0.160. The second kappa shape index (κ2) is 5.14. The number of rotatable bonds is 2. The normalized spacial score (nSPS) is 17.7. The fraction of sp³-hybridized carbons (Fsp3) is 0.500. The third kappa shape index (κ3) is 3.06. The van der Waals surface area contributed by atoms with E-state index in [4.69, 9.17) is 16.3 Å². The summed E-state index contributed by atoms with van der Waals surface area (Å²) in [7, 11) is 0. The van der Waals surface area contributed by atoms with Crippen LogP contribution in [0.3, 0.4) is 0 Å². The average Bonchev–Trinajstić information content (AvgIpc) is 2.25. The predicted molar refractivity (Wildman–Crippen MR) is 63.5 cm³/mol. The Morgan fingerprint density at radius 3 is 2.93 bits per heavy atom. The topological polar surface area (TPSA) is 34.1 Å². The number of piperidine rings is 1. The molecule has 5 heteroatoms. The number of ether oxygens (including phenoxy) is 1. The zero-order chi connectivity index (χ0) is 10.7. The minimum atomic E-state index is 0.266. The van der Waals surface area contributed by atoms with Crippen LogP contribution in [-0.2, 0) is 0 Å². The molecule has 0 spiro atoms. The number of hydrogen-bond acceptors (Lipinski definition) is 3. The quantitative estimate of drug-likeness (QED) is 0.851. The lowest BCUT2D eigenvalue weighted by Gasteiger charge is -2.24. The van der Waals surface area contributed by atoms with E-state index < -0.39 is 0 Å². The van der Waals surface area contributed by atoms with Crippen molar-refractivity contribution in [1.82, 2.24) is 10.3 Å². The van der Waals surface area contributed by atoms with Crippen molar-refractivity contribution in [2.45, 2.75) is 18.9 Å². The highest BCUT2D eigenvalue weighted by Gasteiger charge is 2.16. The molecule has 1 aliphatic rings. The van der Waals surface area contributed by atoms with Crippen LogP contribution in [0.15, 0.2) is 16.9 Å². The van der Waals surface area contributed by atoms with E-state index in [9.17, 15) is 0 Å². The maximum Gasteiger partial charge on any atom is 0.153 e. The van der Waals surface area contributed by atoms with Crippen molar-refractivity contribution < 1.29 is 4.74 Å². The number of nitrogens with one attached hydrogen (secondary N) is 1. The third-order valence-electron chi connectivity index (χ3n) is 2.35. The molecule has 0 saturated carbocycles. The van der Waals surface area contributed by atoms with E-state index in [0.717, 1.165) is 31.7 Å². The molecule has 0 bridgehead atoms. The van der Waals surface area contributed by atoms with E-state index in [1.165, 1.54) is 0 Å². The zero-order valence-electron chi connectivity index (χ0n) is 8.17. The Morgan fingerprint density at radius 1 is 1.47 bits per heavy atom. The molecule has 2 rings (SSSR count). The van der Waals surface area contributed by atoms with E-state index in [1.807, 2.05) is 0 Å².